The van der Waals surface area contributed by atoms with Crippen LogP contribution in [-0.2, 0) is 20.9 Å². The molecule has 0 aliphatic rings. The summed E-state index contributed by atoms with van der Waals surface area (Å²) in [5, 5.41) is 2.77. The minimum absolute atomic E-state index is 0.380. The predicted molar refractivity (Wildman–Crippen MR) is 121 cm³/mol. The van der Waals surface area contributed by atoms with Gasteiger partial charge in [-0.2, -0.15) is 0 Å². The smallest absolute Gasteiger partial charge is 0.314 e. The first-order valence-electron chi connectivity index (χ1n) is 10.4. The number of esters is 1. The molecule has 0 aromatic heterocycles. The highest BCUT2D eigenvalue weighted by molar-refractivity contribution is 5.95. The predicted octanol–water partition coefficient (Wildman–Crippen LogP) is 5.33. The van der Waals surface area contributed by atoms with E-state index >= 15 is 0 Å². The Balaban J connectivity index is 1.51. The lowest BCUT2D eigenvalue weighted by atomic mass is 9.97. The standard InChI is InChI=1S/C26H27NO4/c1-3-24(21-12-8-5-9-13-21)26(29)31-19(2)25(28)27-22-14-16-23(17-15-22)30-18-20-10-6-4-7-11-20/h4-17,19,24H,3,18H2,1-2H3,(H,27,28). The molecule has 0 saturated heterocycles. The van der Waals surface area contributed by atoms with Crippen LogP contribution in [0.5, 0.6) is 5.75 Å². The van der Waals surface area contributed by atoms with Crippen LogP contribution in [-0.4, -0.2) is 18.0 Å². The second-order valence-corrected chi connectivity index (χ2v) is 7.24. The van der Waals surface area contributed by atoms with E-state index in [1.807, 2.05) is 67.6 Å². The van der Waals surface area contributed by atoms with Crippen LogP contribution >= 0.6 is 0 Å². The minimum Gasteiger partial charge on any atom is -0.489 e. The van der Waals surface area contributed by atoms with Crippen LogP contribution in [0.3, 0.4) is 0 Å². The van der Waals surface area contributed by atoms with Crippen molar-refractivity contribution in [2.24, 2.45) is 0 Å². The molecule has 0 aliphatic carbocycles. The molecule has 2 unspecified atom stereocenters. The summed E-state index contributed by atoms with van der Waals surface area (Å²) in [5.41, 5.74) is 2.57. The third kappa shape index (κ3) is 6.44. The van der Waals surface area contributed by atoms with Crippen molar-refractivity contribution in [1.29, 1.82) is 0 Å². The van der Waals surface area contributed by atoms with Crippen LogP contribution in [0.4, 0.5) is 5.69 Å². The number of nitrogens with one attached hydrogen (secondary N) is 1. The van der Waals surface area contributed by atoms with E-state index in [1.54, 1.807) is 31.2 Å². The fourth-order valence-electron chi connectivity index (χ4n) is 3.15. The van der Waals surface area contributed by atoms with Crippen molar-refractivity contribution in [2.45, 2.75) is 38.9 Å². The number of anilines is 1. The maximum Gasteiger partial charge on any atom is 0.314 e. The van der Waals surface area contributed by atoms with E-state index < -0.39 is 18.0 Å². The molecule has 0 radical (unpaired) electrons. The topological polar surface area (TPSA) is 64.6 Å². The number of hydrogen-bond acceptors (Lipinski definition) is 4. The Labute approximate surface area is 183 Å². The Morgan fingerprint density at radius 2 is 1.48 bits per heavy atom. The van der Waals surface area contributed by atoms with Gasteiger partial charge in [0.15, 0.2) is 6.10 Å². The number of ether oxygens (including phenoxy) is 2. The normalized spacial score (nSPS) is 12.5. The van der Waals surface area contributed by atoms with Gasteiger partial charge in [0.1, 0.15) is 12.4 Å². The summed E-state index contributed by atoms with van der Waals surface area (Å²) in [6, 6.07) is 26.4. The number of benzene rings is 3. The lowest BCUT2D eigenvalue weighted by Crippen LogP contribution is -2.31. The number of amides is 1. The van der Waals surface area contributed by atoms with Crippen molar-refractivity contribution in [3.8, 4) is 5.75 Å². The van der Waals surface area contributed by atoms with Gasteiger partial charge >= 0.3 is 5.97 Å². The first kappa shape index (κ1) is 22.1. The molecule has 0 bridgehead atoms. The molecular weight excluding hydrogens is 390 g/mol. The highest BCUT2D eigenvalue weighted by Gasteiger charge is 2.25. The van der Waals surface area contributed by atoms with Crippen molar-refractivity contribution < 1.29 is 19.1 Å². The first-order valence-corrected chi connectivity index (χ1v) is 10.4. The van der Waals surface area contributed by atoms with Gasteiger partial charge in [0.05, 0.1) is 5.92 Å². The van der Waals surface area contributed by atoms with Crippen molar-refractivity contribution in [3.05, 3.63) is 96.1 Å². The molecule has 3 aromatic carbocycles. The van der Waals surface area contributed by atoms with Gasteiger partial charge in [0, 0.05) is 5.69 Å². The van der Waals surface area contributed by atoms with Crippen LogP contribution in [0, 0.1) is 0 Å². The molecule has 3 rings (SSSR count). The summed E-state index contributed by atoms with van der Waals surface area (Å²) in [4.78, 5) is 25.0. The van der Waals surface area contributed by atoms with Crippen molar-refractivity contribution in [3.63, 3.8) is 0 Å². The van der Waals surface area contributed by atoms with Crippen LogP contribution in [0.15, 0.2) is 84.9 Å². The summed E-state index contributed by atoms with van der Waals surface area (Å²) >= 11 is 0. The van der Waals surface area contributed by atoms with E-state index in [4.69, 9.17) is 9.47 Å². The van der Waals surface area contributed by atoms with E-state index in [-0.39, 0.29) is 5.91 Å². The average molecular weight is 418 g/mol. The molecule has 5 nitrogen and oxygen atoms in total. The Morgan fingerprint density at radius 1 is 0.871 bits per heavy atom. The Kier molecular flexibility index (Phi) is 7.82. The molecule has 0 heterocycles. The monoisotopic (exact) mass is 417 g/mol. The van der Waals surface area contributed by atoms with Crippen molar-refractivity contribution in [2.75, 3.05) is 5.32 Å². The zero-order chi connectivity index (χ0) is 22.1. The molecule has 0 saturated carbocycles. The van der Waals surface area contributed by atoms with E-state index in [0.29, 0.717) is 24.5 Å². The van der Waals surface area contributed by atoms with Crippen molar-refractivity contribution >= 4 is 17.6 Å². The molecule has 5 heteroatoms. The van der Waals surface area contributed by atoms with Crippen LogP contribution < -0.4 is 10.1 Å². The van der Waals surface area contributed by atoms with Crippen LogP contribution in [0.1, 0.15) is 37.3 Å². The largest absolute Gasteiger partial charge is 0.489 e. The van der Waals surface area contributed by atoms with E-state index in [1.165, 1.54) is 0 Å². The Hall–Kier alpha value is -3.60. The quantitative estimate of drug-likeness (QED) is 0.478. The molecule has 0 spiro atoms. The Bertz CT molecular complexity index is 971. The number of carbonyl (C=O) groups is 2. The third-order valence-corrected chi connectivity index (χ3v) is 4.93. The third-order valence-electron chi connectivity index (χ3n) is 4.93. The molecule has 3 aromatic rings. The van der Waals surface area contributed by atoms with Gasteiger partial charge in [-0.25, -0.2) is 0 Å². The second kappa shape index (κ2) is 11.0. The van der Waals surface area contributed by atoms with Gasteiger partial charge in [-0.3, -0.25) is 9.59 Å². The van der Waals surface area contributed by atoms with Gasteiger partial charge in [0.25, 0.3) is 5.91 Å². The average Bonchev–Trinajstić information content (AvgIpc) is 2.80. The summed E-state index contributed by atoms with van der Waals surface area (Å²) in [7, 11) is 0. The van der Waals surface area contributed by atoms with E-state index in [0.717, 1.165) is 11.1 Å². The van der Waals surface area contributed by atoms with Gasteiger partial charge in [-0.15, -0.1) is 0 Å². The molecule has 1 N–H and O–H groups in total. The highest BCUT2D eigenvalue weighted by atomic mass is 16.5. The van der Waals surface area contributed by atoms with E-state index in [9.17, 15) is 9.59 Å². The number of rotatable bonds is 9. The maximum atomic E-state index is 12.6. The summed E-state index contributed by atoms with van der Waals surface area (Å²) in [6.45, 7) is 3.97. The molecule has 0 fully saturated rings. The van der Waals surface area contributed by atoms with Gasteiger partial charge in [0.2, 0.25) is 0 Å². The fraction of sp³-hybridized carbons (Fsp3) is 0.231. The number of hydrogen-bond donors (Lipinski definition) is 1. The fourth-order valence-corrected chi connectivity index (χ4v) is 3.15. The highest BCUT2D eigenvalue weighted by Crippen LogP contribution is 2.22. The molecule has 0 aliphatic heterocycles. The summed E-state index contributed by atoms with van der Waals surface area (Å²) in [6.07, 6.45) is -0.305. The molecule has 31 heavy (non-hydrogen) atoms. The molecule has 1 amide bonds. The Morgan fingerprint density at radius 3 is 2.10 bits per heavy atom. The van der Waals surface area contributed by atoms with Gasteiger partial charge in [-0.05, 0) is 48.7 Å². The second-order valence-electron chi connectivity index (χ2n) is 7.24. The SMILES string of the molecule is CCC(C(=O)OC(C)C(=O)Nc1ccc(OCc2ccccc2)cc1)c1ccccc1. The molecule has 2 atom stereocenters. The number of carbonyl (C=O) groups excluding carboxylic acids is 2. The van der Waals surface area contributed by atoms with E-state index in [2.05, 4.69) is 5.32 Å². The molecular formula is C26H27NO4. The summed E-state index contributed by atoms with van der Waals surface area (Å²) in [5.74, 6) is -0.470. The maximum absolute atomic E-state index is 12.6. The van der Waals surface area contributed by atoms with Crippen LogP contribution in [0.25, 0.3) is 0 Å². The zero-order valence-corrected chi connectivity index (χ0v) is 17.8. The van der Waals surface area contributed by atoms with Gasteiger partial charge < -0.3 is 14.8 Å². The van der Waals surface area contributed by atoms with Gasteiger partial charge in [-0.1, -0.05) is 67.6 Å². The van der Waals surface area contributed by atoms with Crippen LogP contribution in [0.2, 0.25) is 0 Å². The lowest BCUT2D eigenvalue weighted by molar-refractivity contribution is -0.154. The summed E-state index contributed by atoms with van der Waals surface area (Å²) < 4.78 is 11.2. The van der Waals surface area contributed by atoms with Crippen molar-refractivity contribution in [1.82, 2.24) is 0 Å². The lowest BCUT2D eigenvalue weighted by Gasteiger charge is -2.18. The molecule has 160 valence electrons. The zero-order valence-electron chi connectivity index (χ0n) is 17.8. The first-order chi connectivity index (χ1) is 15.1. The minimum atomic E-state index is -0.903.